The van der Waals surface area contributed by atoms with Crippen LogP contribution in [0.25, 0.3) is 0 Å². The van der Waals surface area contributed by atoms with Crippen LogP contribution in [-0.4, -0.2) is 24.0 Å². The molecule has 0 atom stereocenters. The molecule has 0 unspecified atom stereocenters. The van der Waals surface area contributed by atoms with Crippen molar-refractivity contribution in [1.82, 2.24) is 10.9 Å². The standard InChI is InChI=1S/C13H12N2O5/c1-19-8-4-5-10(16)9(7-8)12(17)14-15-13(18)11-3-2-6-20-11/h2-7,16H,1H3,(H,14,17)(H,15,18). The Morgan fingerprint density at radius 1 is 1.20 bits per heavy atom. The minimum absolute atomic E-state index is 0.0240. The Hall–Kier alpha value is -2.96. The van der Waals surface area contributed by atoms with Gasteiger partial charge in [0.1, 0.15) is 11.5 Å². The van der Waals surface area contributed by atoms with Gasteiger partial charge in [0, 0.05) is 0 Å². The maximum Gasteiger partial charge on any atom is 0.305 e. The van der Waals surface area contributed by atoms with E-state index in [1.54, 1.807) is 6.07 Å². The molecule has 2 aromatic rings. The number of furan rings is 1. The van der Waals surface area contributed by atoms with Crippen LogP contribution in [0.5, 0.6) is 11.5 Å². The van der Waals surface area contributed by atoms with Crippen molar-refractivity contribution >= 4 is 11.8 Å². The predicted octanol–water partition coefficient (Wildman–Crippen LogP) is 1.07. The molecule has 7 nitrogen and oxygen atoms in total. The second kappa shape index (κ2) is 5.79. The normalized spacial score (nSPS) is 9.85. The van der Waals surface area contributed by atoms with Crippen LogP contribution in [0.15, 0.2) is 41.0 Å². The minimum Gasteiger partial charge on any atom is -0.507 e. The second-order valence-corrected chi connectivity index (χ2v) is 3.77. The highest BCUT2D eigenvalue weighted by Crippen LogP contribution is 2.22. The molecule has 0 aliphatic rings. The Morgan fingerprint density at radius 2 is 1.95 bits per heavy atom. The highest BCUT2D eigenvalue weighted by molar-refractivity contribution is 5.99. The van der Waals surface area contributed by atoms with Gasteiger partial charge in [0.05, 0.1) is 18.9 Å². The molecule has 0 fully saturated rings. The number of phenolic OH excluding ortho intramolecular Hbond substituents is 1. The third kappa shape index (κ3) is 2.89. The zero-order valence-electron chi connectivity index (χ0n) is 10.5. The number of carbonyl (C=O) groups is 2. The molecule has 2 amide bonds. The maximum atomic E-state index is 11.8. The molecule has 20 heavy (non-hydrogen) atoms. The summed E-state index contributed by atoms with van der Waals surface area (Å²) in [7, 11) is 1.44. The highest BCUT2D eigenvalue weighted by Gasteiger charge is 2.14. The van der Waals surface area contributed by atoms with E-state index in [-0.39, 0.29) is 17.1 Å². The Bertz CT molecular complexity index is 622. The summed E-state index contributed by atoms with van der Waals surface area (Å²) in [5.41, 5.74) is 4.30. The van der Waals surface area contributed by atoms with Crippen molar-refractivity contribution in [3.63, 3.8) is 0 Å². The van der Waals surface area contributed by atoms with E-state index in [9.17, 15) is 14.7 Å². The van der Waals surface area contributed by atoms with Gasteiger partial charge in [-0.3, -0.25) is 20.4 Å². The molecule has 7 heteroatoms. The molecule has 0 spiro atoms. The van der Waals surface area contributed by atoms with Gasteiger partial charge < -0.3 is 14.3 Å². The third-order valence-corrected chi connectivity index (χ3v) is 2.48. The van der Waals surface area contributed by atoms with Crippen molar-refractivity contribution in [3.8, 4) is 11.5 Å². The quantitative estimate of drug-likeness (QED) is 0.728. The summed E-state index contributed by atoms with van der Waals surface area (Å²) in [4.78, 5) is 23.4. The van der Waals surface area contributed by atoms with E-state index in [1.165, 1.54) is 37.6 Å². The minimum atomic E-state index is -0.679. The first-order valence-corrected chi connectivity index (χ1v) is 5.63. The maximum absolute atomic E-state index is 11.8. The van der Waals surface area contributed by atoms with Crippen LogP contribution in [0, 0.1) is 0 Å². The average molecular weight is 276 g/mol. The summed E-state index contributed by atoms with van der Waals surface area (Å²) >= 11 is 0. The Labute approximate surface area is 114 Å². The molecular formula is C13H12N2O5. The summed E-state index contributed by atoms with van der Waals surface area (Å²) in [6.07, 6.45) is 1.34. The summed E-state index contributed by atoms with van der Waals surface area (Å²) in [5.74, 6) is -1.05. The van der Waals surface area contributed by atoms with E-state index in [2.05, 4.69) is 10.9 Å². The summed E-state index contributed by atoms with van der Waals surface area (Å²) in [5, 5.41) is 9.60. The van der Waals surface area contributed by atoms with Crippen LogP contribution in [0.4, 0.5) is 0 Å². The van der Waals surface area contributed by atoms with Crippen LogP contribution in [0.3, 0.4) is 0 Å². The average Bonchev–Trinajstić information content (AvgIpc) is 2.99. The molecular weight excluding hydrogens is 264 g/mol. The fraction of sp³-hybridized carbons (Fsp3) is 0.0769. The van der Waals surface area contributed by atoms with Crippen LogP contribution in [0.2, 0.25) is 0 Å². The van der Waals surface area contributed by atoms with Gasteiger partial charge in [-0.1, -0.05) is 0 Å². The van der Waals surface area contributed by atoms with Crippen LogP contribution < -0.4 is 15.6 Å². The molecule has 0 saturated carbocycles. The van der Waals surface area contributed by atoms with E-state index in [1.807, 2.05) is 0 Å². The second-order valence-electron chi connectivity index (χ2n) is 3.77. The number of nitrogens with one attached hydrogen (secondary N) is 2. The molecule has 0 saturated heterocycles. The van der Waals surface area contributed by atoms with Gasteiger partial charge >= 0.3 is 5.91 Å². The third-order valence-electron chi connectivity index (χ3n) is 2.48. The number of rotatable bonds is 3. The summed E-state index contributed by atoms with van der Waals surface area (Å²) in [6, 6.07) is 7.18. The molecule has 0 aliphatic carbocycles. The Morgan fingerprint density at radius 3 is 2.60 bits per heavy atom. The number of hydrogen-bond donors (Lipinski definition) is 3. The molecule has 104 valence electrons. The van der Waals surface area contributed by atoms with Crippen molar-refractivity contribution < 1.29 is 23.8 Å². The lowest BCUT2D eigenvalue weighted by atomic mass is 10.2. The van der Waals surface area contributed by atoms with Gasteiger partial charge in [0.2, 0.25) is 0 Å². The van der Waals surface area contributed by atoms with E-state index in [4.69, 9.17) is 9.15 Å². The van der Waals surface area contributed by atoms with Crippen molar-refractivity contribution in [1.29, 1.82) is 0 Å². The number of ether oxygens (including phenoxy) is 1. The zero-order chi connectivity index (χ0) is 14.5. The molecule has 2 rings (SSSR count). The lowest BCUT2D eigenvalue weighted by Crippen LogP contribution is -2.41. The van der Waals surface area contributed by atoms with Gasteiger partial charge in [-0.15, -0.1) is 0 Å². The first kappa shape index (κ1) is 13.5. The van der Waals surface area contributed by atoms with Crippen molar-refractivity contribution in [2.24, 2.45) is 0 Å². The molecule has 1 aromatic carbocycles. The monoisotopic (exact) mass is 276 g/mol. The molecule has 0 aliphatic heterocycles. The largest absolute Gasteiger partial charge is 0.507 e. The SMILES string of the molecule is COc1ccc(O)c(C(=O)NNC(=O)c2ccco2)c1. The van der Waals surface area contributed by atoms with Crippen molar-refractivity contribution in [2.45, 2.75) is 0 Å². The number of aromatic hydroxyl groups is 1. The number of amides is 2. The van der Waals surface area contributed by atoms with Crippen LogP contribution in [0.1, 0.15) is 20.9 Å². The molecule has 0 bridgehead atoms. The number of hydrazine groups is 1. The topological polar surface area (TPSA) is 101 Å². The highest BCUT2D eigenvalue weighted by atomic mass is 16.5. The van der Waals surface area contributed by atoms with E-state index in [0.717, 1.165) is 0 Å². The summed E-state index contributed by atoms with van der Waals surface area (Å²) < 4.78 is 9.81. The first-order valence-electron chi connectivity index (χ1n) is 5.63. The molecule has 1 heterocycles. The van der Waals surface area contributed by atoms with Crippen molar-refractivity contribution in [3.05, 3.63) is 47.9 Å². The van der Waals surface area contributed by atoms with Crippen LogP contribution in [-0.2, 0) is 0 Å². The fourth-order valence-electron chi connectivity index (χ4n) is 1.47. The number of benzene rings is 1. The zero-order valence-corrected chi connectivity index (χ0v) is 10.5. The lowest BCUT2D eigenvalue weighted by Gasteiger charge is -2.08. The molecule has 1 aromatic heterocycles. The number of phenols is 1. The number of methoxy groups -OCH3 is 1. The predicted molar refractivity (Wildman–Crippen MR) is 68.3 cm³/mol. The molecule has 3 N–H and O–H groups in total. The van der Waals surface area contributed by atoms with E-state index >= 15 is 0 Å². The van der Waals surface area contributed by atoms with Gasteiger partial charge in [-0.05, 0) is 30.3 Å². The van der Waals surface area contributed by atoms with Crippen molar-refractivity contribution in [2.75, 3.05) is 7.11 Å². The van der Waals surface area contributed by atoms with Gasteiger partial charge in [-0.2, -0.15) is 0 Å². The Balaban J connectivity index is 2.03. The van der Waals surface area contributed by atoms with Gasteiger partial charge in [0.15, 0.2) is 5.76 Å². The number of carbonyl (C=O) groups excluding carboxylic acids is 2. The summed E-state index contributed by atoms with van der Waals surface area (Å²) in [6.45, 7) is 0. The van der Waals surface area contributed by atoms with Gasteiger partial charge in [0.25, 0.3) is 5.91 Å². The van der Waals surface area contributed by atoms with Gasteiger partial charge in [-0.25, -0.2) is 0 Å². The lowest BCUT2D eigenvalue weighted by molar-refractivity contribution is 0.0829. The van der Waals surface area contributed by atoms with E-state index in [0.29, 0.717) is 5.75 Å². The fourth-order valence-corrected chi connectivity index (χ4v) is 1.47. The Kier molecular flexibility index (Phi) is 3.90. The molecule has 0 radical (unpaired) electrons. The van der Waals surface area contributed by atoms with E-state index < -0.39 is 11.8 Å². The first-order chi connectivity index (χ1) is 9.61. The smallest absolute Gasteiger partial charge is 0.305 e. The van der Waals surface area contributed by atoms with Crippen LogP contribution >= 0.6 is 0 Å². The number of hydrogen-bond acceptors (Lipinski definition) is 5.